The van der Waals surface area contributed by atoms with Gasteiger partial charge in [-0.05, 0) is 49.6 Å². The van der Waals surface area contributed by atoms with Crippen molar-refractivity contribution in [1.82, 2.24) is 4.98 Å². The van der Waals surface area contributed by atoms with E-state index in [4.69, 9.17) is 10.5 Å². The highest BCUT2D eigenvalue weighted by molar-refractivity contribution is 5.85. The van der Waals surface area contributed by atoms with E-state index in [9.17, 15) is 4.79 Å². The summed E-state index contributed by atoms with van der Waals surface area (Å²) in [5.74, 6) is -0.277. The van der Waals surface area contributed by atoms with E-state index in [2.05, 4.69) is 31.0 Å². The number of halogens is 1. The Bertz CT molecular complexity index is 654. The van der Waals surface area contributed by atoms with Gasteiger partial charge in [-0.15, -0.1) is 12.4 Å². The lowest BCUT2D eigenvalue weighted by molar-refractivity contribution is -0.143. The summed E-state index contributed by atoms with van der Waals surface area (Å²) in [6, 6.07) is 9.58. The van der Waals surface area contributed by atoms with Crippen LogP contribution in [0.15, 0.2) is 36.5 Å². The topological polar surface area (TPSA) is 65.2 Å². The fourth-order valence-corrected chi connectivity index (χ4v) is 2.55. The number of ether oxygens (including phenoxy) is 1. The van der Waals surface area contributed by atoms with Crippen molar-refractivity contribution in [1.29, 1.82) is 0 Å². The van der Waals surface area contributed by atoms with Crippen molar-refractivity contribution in [2.45, 2.75) is 33.2 Å². The van der Waals surface area contributed by atoms with Gasteiger partial charge in [-0.3, -0.25) is 9.78 Å². The number of aromatic nitrogens is 1. The Morgan fingerprint density at radius 3 is 2.52 bits per heavy atom. The van der Waals surface area contributed by atoms with Crippen molar-refractivity contribution in [3.8, 4) is 11.3 Å². The van der Waals surface area contributed by atoms with Gasteiger partial charge in [-0.1, -0.05) is 18.2 Å². The molecule has 0 amide bonds. The number of pyridine rings is 1. The summed E-state index contributed by atoms with van der Waals surface area (Å²) in [6.07, 6.45) is 1.91. The van der Waals surface area contributed by atoms with Gasteiger partial charge < -0.3 is 10.5 Å². The summed E-state index contributed by atoms with van der Waals surface area (Å²) < 4.78 is 4.95. The Labute approximate surface area is 143 Å². The van der Waals surface area contributed by atoms with E-state index >= 15 is 0 Å². The maximum absolute atomic E-state index is 11.6. The molecule has 2 aromatic rings. The number of benzene rings is 1. The Kier molecular flexibility index (Phi) is 7.20. The number of carbonyl (C=O) groups excluding carboxylic acids is 1. The maximum atomic E-state index is 11.6. The number of nitrogens with two attached hydrogens (primary N) is 1. The number of carbonyl (C=O) groups is 1. The standard InChI is InChI=1S/C18H22N2O2.ClH/c1-4-22-17(21)11-15(19)14-8-9-20-16(10-14)18-12(2)6-5-7-13(18)3;/h5-10,15H,4,11,19H2,1-3H3;1H. The SMILES string of the molecule is CCOC(=O)CC(N)c1ccnc(-c2c(C)cccc2C)c1.Cl. The van der Waals surface area contributed by atoms with E-state index in [-0.39, 0.29) is 30.8 Å². The molecule has 1 aromatic carbocycles. The molecule has 0 aliphatic heterocycles. The second-order valence-electron chi connectivity index (χ2n) is 5.36. The molecular weight excluding hydrogens is 312 g/mol. The van der Waals surface area contributed by atoms with Gasteiger partial charge >= 0.3 is 5.97 Å². The summed E-state index contributed by atoms with van der Waals surface area (Å²) in [6.45, 7) is 6.29. The number of rotatable bonds is 5. The van der Waals surface area contributed by atoms with Crippen LogP contribution in [0.1, 0.15) is 36.1 Å². The van der Waals surface area contributed by atoms with Gasteiger partial charge in [0.15, 0.2) is 0 Å². The predicted octanol–water partition coefficient (Wildman–Crippen LogP) is 3.74. The van der Waals surface area contributed by atoms with Gasteiger partial charge in [-0.25, -0.2) is 0 Å². The maximum Gasteiger partial charge on any atom is 0.307 e. The Morgan fingerprint density at radius 2 is 1.91 bits per heavy atom. The molecule has 1 aromatic heterocycles. The first-order valence-electron chi connectivity index (χ1n) is 7.46. The third-order valence-electron chi connectivity index (χ3n) is 3.64. The fraction of sp³-hybridized carbons (Fsp3) is 0.333. The molecule has 0 saturated heterocycles. The monoisotopic (exact) mass is 334 g/mol. The van der Waals surface area contributed by atoms with Gasteiger partial charge in [0.1, 0.15) is 0 Å². The number of esters is 1. The van der Waals surface area contributed by atoms with E-state index in [1.165, 1.54) is 11.1 Å². The summed E-state index contributed by atoms with van der Waals surface area (Å²) in [4.78, 5) is 16.0. The van der Waals surface area contributed by atoms with Crippen LogP contribution in [-0.2, 0) is 9.53 Å². The molecule has 5 heteroatoms. The fourth-order valence-electron chi connectivity index (χ4n) is 2.55. The van der Waals surface area contributed by atoms with E-state index in [0.29, 0.717) is 6.61 Å². The molecule has 0 aliphatic rings. The van der Waals surface area contributed by atoms with Crippen molar-refractivity contribution < 1.29 is 9.53 Å². The van der Waals surface area contributed by atoms with E-state index in [0.717, 1.165) is 16.8 Å². The first-order valence-corrected chi connectivity index (χ1v) is 7.46. The third kappa shape index (κ3) is 4.78. The third-order valence-corrected chi connectivity index (χ3v) is 3.64. The van der Waals surface area contributed by atoms with Crippen molar-refractivity contribution in [2.75, 3.05) is 6.61 Å². The van der Waals surface area contributed by atoms with Crippen LogP contribution in [0, 0.1) is 13.8 Å². The lowest BCUT2D eigenvalue weighted by atomic mass is 9.97. The van der Waals surface area contributed by atoms with E-state index in [1.807, 2.05) is 18.2 Å². The van der Waals surface area contributed by atoms with Crippen LogP contribution >= 0.6 is 12.4 Å². The minimum Gasteiger partial charge on any atom is -0.466 e. The van der Waals surface area contributed by atoms with Crippen LogP contribution in [-0.4, -0.2) is 17.6 Å². The Balaban J connectivity index is 0.00000264. The van der Waals surface area contributed by atoms with Crippen molar-refractivity contribution in [3.05, 3.63) is 53.2 Å². The van der Waals surface area contributed by atoms with Gasteiger partial charge in [0.25, 0.3) is 0 Å². The average Bonchev–Trinajstić information content (AvgIpc) is 2.47. The first-order chi connectivity index (χ1) is 10.5. The van der Waals surface area contributed by atoms with Crippen LogP contribution in [0.4, 0.5) is 0 Å². The van der Waals surface area contributed by atoms with Gasteiger partial charge in [-0.2, -0.15) is 0 Å². The second-order valence-corrected chi connectivity index (χ2v) is 5.36. The molecule has 0 spiro atoms. The highest BCUT2D eigenvalue weighted by Gasteiger charge is 2.14. The molecule has 1 heterocycles. The molecule has 2 N–H and O–H groups in total. The Hall–Kier alpha value is -1.91. The van der Waals surface area contributed by atoms with E-state index in [1.54, 1.807) is 13.1 Å². The number of hydrogen-bond acceptors (Lipinski definition) is 4. The molecule has 1 atom stereocenters. The number of hydrogen-bond donors (Lipinski definition) is 1. The largest absolute Gasteiger partial charge is 0.466 e. The van der Waals surface area contributed by atoms with Crippen molar-refractivity contribution in [2.24, 2.45) is 5.73 Å². The molecule has 0 radical (unpaired) electrons. The van der Waals surface area contributed by atoms with Crippen molar-refractivity contribution >= 4 is 18.4 Å². The number of nitrogens with zero attached hydrogens (tertiary/aromatic N) is 1. The second kappa shape index (κ2) is 8.65. The zero-order chi connectivity index (χ0) is 16.1. The highest BCUT2D eigenvalue weighted by atomic mass is 35.5. The molecule has 1 unspecified atom stereocenters. The Morgan fingerprint density at radius 1 is 1.26 bits per heavy atom. The predicted molar refractivity (Wildman–Crippen MR) is 94.6 cm³/mol. The zero-order valence-corrected chi connectivity index (χ0v) is 14.5. The van der Waals surface area contributed by atoms with Crippen LogP contribution in [0.25, 0.3) is 11.3 Å². The minimum atomic E-state index is -0.384. The molecular formula is C18H23ClN2O2. The van der Waals surface area contributed by atoms with Crippen LogP contribution < -0.4 is 5.73 Å². The van der Waals surface area contributed by atoms with E-state index < -0.39 is 0 Å². The molecule has 23 heavy (non-hydrogen) atoms. The van der Waals surface area contributed by atoms with Crippen molar-refractivity contribution in [3.63, 3.8) is 0 Å². The van der Waals surface area contributed by atoms with Crippen LogP contribution in [0.3, 0.4) is 0 Å². The zero-order valence-electron chi connectivity index (χ0n) is 13.7. The first kappa shape index (κ1) is 19.1. The lowest BCUT2D eigenvalue weighted by Crippen LogP contribution is -2.17. The van der Waals surface area contributed by atoms with Gasteiger partial charge in [0.05, 0.1) is 18.7 Å². The molecule has 124 valence electrons. The molecule has 0 aliphatic carbocycles. The molecule has 0 saturated carbocycles. The molecule has 2 rings (SSSR count). The highest BCUT2D eigenvalue weighted by Crippen LogP contribution is 2.27. The molecule has 0 bridgehead atoms. The van der Waals surface area contributed by atoms with Gasteiger partial charge in [0, 0.05) is 17.8 Å². The number of aryl methyl sites for hydroxylation is 2. The quantitative estimate of drug-likeness (QED) is 0.846. The summed E-state index contributed by atoms with van der Waals surface area (Å²) in [5, 5.41) is 0. The molecule has 0 fully saturated rings. The normalized spacial score (nSPS) is 11.5. The minimum absolute atomic E-state index is 0. The van der Waals surface area contributed by atoms with Gasteiger partial charge in [0.2, 0.25) is 0 Å². The smallest absolute Gasteiger partial charge is 0.307 e. The molecule has 4 nitrogen and oxygen atoms in total. The summed E-state index contributed by atoms with van der Waals surface area (Å²) >= 11 is 0. The summed E-state index contributed by atoms with van der Waals surface area (Å²) in [7, 11) is 0. The average molecular weight is 335 g/mol. The van der Waals surface area contributed by atoms with Crippen LogP contribution in [0.5, 0.6) is 0 Å². The van der Waals surface area contributed by atoms with Crippen LogP contribution in [0.2, 0.25) is 0 Å². The lowest BCUT2D eigenvalue weighted by Gasteiger charge is -2.14. The summed E-state index contributed by atoms with van der Waals surface area (Å²) in [5.41, 5.74) is 11.4.